The maximum absolute atomic E-state index is 15.7. The van der Waals surface area contributed by atoms with Crippen molar-refractivity contribution in [2.75, 3.05) is 19.6 Å². The van der Waals surface area contributed by atoms with Crippen LogP contribution in [0.2, 0.25) is 5.02 Å². The predicted molar refractivity (Wildman–Crippen MR) is 434 cm³/mol. The smallest absolute Gasteiger partial charge is 0.408 e. The molecular formula is C88H104ClF8N12O15V3-3. The molecule has 0 unspecified atom stereocenters. The van der Waals surface area contributed by atoms with E-state index in [-0.39, 0.29) is 164 Å². The Hall–Kier alpha value is -8.21. The third-order valence-corrected chi connectivity index (χ3v) is 25.4. The number of hydrogen-bond donors (Lipinski definition) is 3. The summed E-state index contributed by atoms with van der Waals surface area (Å²) in [4.78, 5) is 145. The normalized spacial score (nSPS) is 30.4. The fourth-order valence-electron chi connectivity index (χ4n) is 17.2. The molecule has 3 saturated carbocycles. The molecule has 3 N–H and O–H groups in total. The second-order valence-corrected chi connectivity index (χ2v) is 38.3. The summed E-state index contributed by atoms with van der Waals surface area (Å²) in [6, 6.07) is 5.25. The Kier molecular flexibility index (Phi) is 31.4. The Morgan fingerprint density at radius 1 is 0.425 bits per heavy atom. The number of rotatable bonds is 3. The van der Waals surface area contributed by atoms with Crippen molar-refractivity contribution in [3.63, 3.8) is 0 Å². The fourth-order valence-corrected chi connectivity index (χ4v) is 17.4. The van der Waals surface area contributed by atoms with Gasteiger partial charge in [0.05, 0.1) is 52.7 Å². The van der Waals surface area contributed by atoms with Crippen LogP contribution in [0.4, 0.5) is 49.5 Å². The number of alkyl halides is 6. The number of carbonyl (C=O) groups excluding carboxylic acids is 9. The summed E-state index contributed by atoms with van der Waals surface area (Å²) in [6.07, 6.45) is 4.23. The summed E-state index contributed by atoms with van der Waals surface area (Å²) in [6.45, 7) is 22.3. The monoisotopic (exact) mass is 1910 g/mol. The van der Waals surface area contributed by atoms with Gasteiger partial charge < -0.3 is 73.5 Å². The summed E-state index contributed by atoms with van der Waals surface area (Å²) < 4.78 is 157. The van der Waals surface area contributed by atoms with Crippen molar-refractivity contribution in [2.45, 2.75) is 276 Å². The molecule has 3 aliphatic carbocycles. The molecule has 3 aromatic carbocycles. The number of ether oxygens (including phenoxy) is 6. The predicted octanol–water partition coefficient (Wildman–Crippen LogP) is 14.9. The number of carbonyl (C=O) groups is 6. The molecule has 3 saturated heterocycles. The average Bonchev–Trinajstić information content (AvgIpc) is 1.45. The number of benzene rings is 3. The number of fused-ring (bicyclic) bond motifs is 15. The van der Waals surface area contributed by atoms with Crippen LogP contribution >= 0.6 is 11.6 Å². The SMILES string of the molecule is C[C@@H]1[C@@H]2CN(C(=O)[C@H](C(C)(C)C)NC(=O)O[C@@H]3C[C@H]3CCCCC(F)(F)c3nc4ccc(Cl)cc4nc3O2)[C@@H]1[C-]=O.C[C@@H]1[C@@H]2CN(C(=O)[C@H](C(C)(C)C)NC(=O)O[C@@H]3C[C@H]3CCCCC(F)(F)c3nc4ccc(F)cc4nc3O2)[C@@H]1[C-]=O.C[C@@H]1[C@@H]2CN(C(=O)[C@H](C(C)(C)C)NC(=O)O[C@]3(C)C[C@H]3CCCCC(F)(F)c3nc4ccc(F)cc4nc3O2)[C@@H]1[C-]=O.[V].[V].[V]. The van der Waals surface area contributed by atoms with Crippen LogP contribution in [0.5, 0.6) is 17.6 Å². The fraction of sp³-hybridized carbons (Fsp3) is 0.625. The first-order valence-electron chi connectivity index (χ1n) is 42.2. The quantitative estimate of drug-likeness (QED) is 0.0842. The molecule has 27 nitrogen and oxygen atoms in total. The van der Waals surface area contributed by atoms with Crippen LogP contribution in [0.3, 0.4) is 0 Å². The van der Waals surface area contributed by atoms with E-state index in [0.717, 1.165) is 24.3 Å². The number of amides is 6. The van der Waals surface area contributed by atoms with Gasteiger partial charge in [-0.1, -0.05) is 132 Å². The van der Waals surface area contributed by atoms with E-state index in [9.17, 15) is 51.9 Å². The standard InChI is InChI=1S/C30H36F3N4O5.C29H34ClF2N4O5.C29H34F3N4O5.3V/c1-16-21(15-38)37-14-22(16)41-25-23(34-19-10-9-18(31)12-20(19)35-25)30(32,33)11-7-6-8-17-13-29(17,5)42-27(40)36-24(26(37)39)28(2,3)4;2*1-15-20(14-37)36-13-22(15)40-25-23(33-18-9-8-17(30)12-19(18)34-25)29(31,32)10-6-5-7-16-11-21(16)41-27(39)35-24(26(36)38)28(2,3)4;;;/h9-10,12,16-17,21-22,24H,6-8,11,13-14H2,1-5H3,(H,36,40);2*8-9,12,15-16,20-22,24H,5-7,10-11,13H2,1-4H3,(H,35,39);;;/q3*-1;;;/t16-,17+,21+,22-,24+,29+;2*15-,16+,20+,21+,22-,24+;;;/m000.../s1. The molecule has 15 rings (SSSR count). The van der Waals surface area contributed by atoms with E-state index in [0.29, 0.717) is 62.8 Å². The van der Waals surface area contributed by atoms with Crippen LogP contribution in [-0.4, -0.2) is 191 Å². The van der Waals surface area contributed by atoms with Crippen molar-refractivity contribution in [1.82, 2.24) is 60.6 Å². The summed E-state index contributed by atoms with van der Waals surface area (Å²) in [5.41, 5.74) is -4.16. The largest absolute Gasteiger partial charge is 0.540 e. The minimum Gasteiger partial charge on any atom is -0.540 e. The summed E-state index contributed by atoms with van der Waals surface area (Å²) >= 11 is 6.12. The number of nitrogens with zero attached hydrogens (tertiary/aromatic N) is 9. The molecule has 6 aromatic rings. The summed E-state index contributed by atoms with van der Waals surface area (Å²) in [5, 5.41) is 8.45. The van der Waals surface area contributed by atoms with E-state index in [1.807, 2.05) is 18.9 Å². The molecule has 6 aliphatic heterocycles. The van der Waals surface area contributed by atoms with E-state index >= 15 is 26.3 Å². The molecule has 3 radical (unpaired) electrons. The van der Waals surface area contributed by atoms with Gasteiger partial charge in [-0.05, 0) is 153 Å². The molecule has 9 aliphatic rings. The van der Waals surface area contributed by atoms with Gasteiger partial charge in [0, 0.05) is 98.0 Å². The number of halogens is 9. The van der Waals surface area contributed by atoms with Crippen molar-refractivity contribution in [3.05, 3.63) is 88.3 Å². The summed E-state index contributed by atoms with van der Waals surface area (Å²) in [7, 11) is 0. The molecule has 39 heteroatoms. The number of aromatic nitrogens is 6. The Labute approximate surface area is 771 Å². The van der Waals surface area contributed by atoms with E-state index in [1.54, 1.807) is 96.1 Å². The second-order valence-electron chi connectivity index (χ2n) is 37.9. The third kappa shape index (κ3) is 22.9. The van der Waals surface area contributed by atoms with Gasteiger partial charge in [0.15, 0.2) is 17.1 Å². The van der Waals surface area contributed by atoms with Crippen LogP contribution in [0.25, 0.3) is 33.1 Å². The zero-order chi connectivity index (χ0) is 90.0. The van der Waals surface area contributed by atoms with Crippen molar-refractivity contribution in [2.24, 2.45) is 51.8 Å². The van der Waals surface area contributed by atoms with Gasteiger partial charge >= 0.3 is 18.3 Å². The maximum Gasteiger partial charge on any atom is 0.408 e. The summed E-state index contributed by atoms with van der Waals surface area (Å²) in [5.74, 6) is -16.2. The molecule has 18 atom stereocenters. The third-order valence-electron chi connectivity index (χ3n) is 25.2. The Morgan fingerprint density at radius 2 is 0.740 bits per heavy atom. The van der Waals surface area contributed by atoms with Crippen molar-refractivity contribution in [3.8, 4) is 17.6 Å². The number of nitrogens with one attached hydrogen (secondary N) is 3. The molecule has 687 valence electrons. The van der Waals surface area contributed by atoms with Crippen LogP contribution < -0.4 is 30.2 Å². The van der Waals surface area contributed by atoms with Gasteiger partial charge in [0.2, 0.25) is 35.4 Å². The minimum absolute atomic E-state index is 0. The van der Waals surface area contributed by atoms with Gasteiger partial charge in [0.1, 0.15) is 65.9 Å². The molecule has 3 aromatic heterocycles. The molecule has 0 spiro atoms. The van der Waals surface area contributed by atoms with E-state index in [2.05, 4.69) is 45.9 Å². The van der Waals surface area contributed by atoms with Gasteiger partial charge in [-0.15, -0.1) is 0 Å². The first kappa shape index (κ1) is 101. The van der Waals surface area contributed by atoms with Crippen LogP contribution in [0, 0.1) is 63.4 Å². The van der Waals surface area contributed by atoms with E-state index in [1.165, 1.54) is 39.0 Å². The van der Waals surface area contributed by atoms with Gasteiger partial charge in [-0.2, -0.15) is 26.3 Å². The minimum atomic E-state index is -3.43. The number of hydrogen-bond acceptors (Lipinski definition) is 21. The van der Waals surface area contributed by atoms with Crippen LogP contribution in [-0.2, 0) is 116 Å². The Morgan fingerprint density at radius 3 is 1.07 bits per heavy atom. The van der Waals surface area contributed by atoms with Crippen molar-refractivity contribution in [1.29, 1.82) is 0 Å². The van der Waals surface area contributed by atoms with E-state index in [4.69, 9.17) is 40.0 Å². The topological polar surface area (TPSA) is 332 Å². The first-order valence-corrected chi connectivity index (χ1v) is 42.6. The first-order chi connectivity index (χ1) is 58.2. The second kappa shape index (κ2) is 39.5. The van der Waals surface area contributed by atoms with E-state index < -0.39 is 208 Å². The average molecular weight is 1910 g/mol. The molecule has 9 heterocycles. The molecular weight excluding hydrogens is 1810 g/mol. The van der Waals surface area contributed by atoms with Gasteiger partial charge in [-0.25, -0.2) is 71.9 Å². The number of alkyl carbamates (subject to hydrolysis) is 3. The van der Waals surface area contributed by atoms with Crippen LogP contribution in [0.15, 0.2) is 54.6 Å². The van der Waals surface area contributed by atoms with Crippen molar-refractivity contribution >= 4 is 99.6 Å². The zero-order valence-corrected chi connectivity index (χ0v) is 77.6. The van der Waals surface area contributed by atoms with Gasteiger partial charge in [-0.3, -0.25) is 14.4 Å². The Balaban J connectivity index is 0.000000196. The molecule has 6 amide bonds. The zero-order valence-electron chi connectivity index (χ0n) is 72.6. The van der Waals surface area contributed by atoms with Crippen molar-refractivity contribution < 1.29 is 162 Å². The molecule has 127 heavy (non-hydrogen) atoms. The van der Waals surface area contributed by atoms with Gasteiger partial charge in [0.25, 0.3) is 17.8 Å². The van der Waals surface area contributed by atoms with Crippen LogP contribution in [0.1, 0.15) is 203 Å². The Bertz CT molecular complexity index is 4900. The molecule has 6 bridgehead atoms. The maximum atomic E-state index is 15.7. The molecule has 6 fully saturated rings.